The minimum absolute atomic E-state index is 0.0237. The van der Waals surface area contributed by atoms with Gasteiger partial charge >= 0.3 is 5.97 Å². The fraction of sp³-hybridized carbons (Fsp3) is 0.0769. The monoisotopic (exact) mass is 296 g/mol. The van der Waals surface area contributed by atoms with E-state index in [4.69, 9.17) is 5.11 Å². The summed E-state index contributed by atoms with van der Waals surface area (Å²) >= 11 is 0.400. The average molecular weight is 296 g/mol. The van der Waals surface area contributed by atoms with Gasteiger partial charge in [0.25, 0.3) is 5.76 Å². The van der Waals surface area contributed by atoms with Gasteiger partial charge in [-0.2, -0.15) is 8.78 Å². The molecule has 0 atom stereocenters. The molecule has 0 unspecified atom stereocenters. The molecule has 0 fully saturated rings. The van der Waals surface area contributed by atoms with Crippen LogP contribution in [-0.2, 0) is 0 Å². The van der Waals surface area contributed by atoms with E-state index in [0.717, 1.165) is 0 Å². The second-order valence-electron chi connectivity index (χ2n) is 3.73. The molecule has 0 aliphatic heterocycles. The molecule has 0 spiro atoms. The van der Waals surface area contributed by atoms with E-state index in [0.29, 0.717) is 28.0 Å². The SMILES string of the molecule is O=C(O)c1cnccc1Nc1ccccc1SC(F)F. The Morgan fingerprint density at radius 1 is 1.25 bits per heavy atom. The summed E-state index contributed by atoms with van der Waals surface area (Å²) in [6.07, 6.45) is 2.63. The topological polar surface area (TPSA) is 62.2 Å². The summed E-state index contributed by atoms with van der Waals surface area (Å²) in [5.41, 5.74) is 0.700. The standard InChI is InChI=1S/C13H10F2N2O2S/c14-13(15)20-11-4-2-1-3-10(11)17-9-5-6-16-7-8(9)12(18)19/h1-7,13H,(H,16,17)(H,18,19). The Hall–Kier alpha value is -2.15. The number of aromatic carboxylic acids is 1. The number of benzene rings is 1. The third kappa shape index (κ3) is 3.45. The normalized spacial score (nSPS) is 10.6. The van der Waals surface area contributed by atoms with Gasteiger partial charge in [-0.05, 0) is 18.2 Å². The predicted octanol–water partition coefficient (Wildman–Crippen LogP) is 3.84. The van der Waals surface area contributed by atoms with E-state index in [9.17, 15) is 13.6 Å². The summed E-state index contributed by atoms with van der Waals surface area (Å²) in [6, 6.07) is 7.95. The Kier molecular flexibility index (Phi) is 4.52. The molecule has 0 saturated carbocycles. The molecule has 2 aromatic rings. The van der Waals surface area contributed by atoms with Crippen molar-refractivity contribution in [2.75, 3.05) is 5.32 Å². The highest BCUT2D eigenvalue weighted by molar-refractivity contribution is 7.99. The number of pyridine rings is 1. The lowest BCUT2D eigenvalue weighted by Crippen LogP contribution is -2.03. The largest absolute Gasteiger partial charge is 0.478 e. The molecule has 0 radical (unpaired) electrons. The Balaban J connectivity index is 2.33. The summed E-state index contributed by atoms with van der Waals surface area (Å²) in [7, 11) is 0. The lowest BCUT2D eigenvalue weighted by molar-refractivity contribution is 0.0697. The highest BCUT2D eigenvalue weighted by Crippen LogP contribution is 2.33. The number of hydrogen-bond acceptors (Lipinski definition) is 4. The number of thioether (sulfide) groups is 1. The molecule has 0 saturated heterocycles. The minimum atomic E-state index is -2.55. The molecular formula is C13H10F2N2O2S. The van der Waals surface area contributed by atoms with Gasteiger partial charge in [-0.15, -0.1) is 0 Å². The molecular weight excluding hydrogens is 286 g/mol. The number of carboxylic acids is 1. The highest BCUT2D eigenvalue weighted by Gasteiger charge is 2.13. The zero-order chi connectivity index (χ0) is 14.5. The lowest BCUT2D eigenvalue weighted by atomic mass is 10.2. The van der Waals surface area contributed by atoms with Gasteiger partial charge in [0.2, 0.25) is 0 Å². The summed E-state index contributed by atoms with van der Waals surface area (Å²) in [5, 5.41) is 11.9. The van der Waals surface area contributed by atoms with Gasteiger partial charge in [0.1, 0.15) is 5.56 Å². The van der Waals surface area contributed by atoms with E-state index in [1.54, 1.807) is 24.3 Å². The molecule has 104 valence electrons. The second-order valence-corrected chi connectivity index (χ2v) is 4.76. The lowest BCUT2D eigenvalue weighted by Gasteiger charge is -2.12. The van der Waals surface area contributed by atoms with Crippen molar-refractivity contribution >= 4 is 29.1 Å². The van der Waals surface area contributed by atoms with Crippen molar-refractivity contribution in [3.05, 3.63) is 48.3 Å². The number of alkyl halides is 2. The van der Waals surface area contributed by atoms with Gasteiger partial charge in [0, 0.05) is 17.3 Å². The van der Waals surface area contributed by atoms with E-state index in [1.165, 1.54) is 18.5 Å². The number of nitrogens with zero attached hydrogens (tertiary/aromatic N) is 1. The van der Waals surface area contributed by atoms with E-state index in [1.807, 2.05) is 0 Å². The Labute approximate surface area is 117 Å². The van der Waals surface area contributed by atoms with E-state index >= 15 is 0 Å². The zero-order valence-electron chi connectivity index (χ0n) is 10.1. The van der Waals surface area contributed by atoms with E-state index < -0.39 is 11.7 Å². The summed E-state index contributed by atoms with van der Waals surface area (Å²) in [5.74, 6) is -3.69. The maximum absolute atomic E-state index is 12.5. The molecule has 0 amide bonds. The van der Waals surface area contributed by atoms with Crippen LogP contribution < -0.4 is 5.32 Å². The first-order chi connectivity index (χ1) is 9.58. The summed E-state index contributed by atoms with van der Waals surface area (Å²) < 4.78 is 25.0. The van der Waals surface area contributed by atoms with Gasteiger partial charge in [-0.25, -0.2) is 4.79 Å². The van der Waals surface area contributed by atoms with Crippen LogP contribution >= 0.6 is 11.8 Å². The smallest absolute Gasteiger partial charge is 0.339 e. The molecule has 1 heterocycles. The fourth-order valence-electron chi connectivity index (χ4n) is 1.59. The number of carboxylic acid groups (broad SMARTS) is 1. The van der Waals surface area contributed by atoms with Crippen LogP contribution in [0, 0.1) is 0 Å². The average Bonchev–Trinajstić information content (AvgIpc) is 2.41. The van der Waals surface area contributed by atoms with Crippen molar-refractivity contribution in [1.82, 2.24) is 4.98 Å². The molecule has 0 aliphatic carbocycles. The van der Waals surface area contributed by atoms with Crippen LogP contribution in [0.2, 0.25) is 0 Å². The number of hydrogen-bond donors (Lipinski definition) is 2. The minimum Gasteiger partial charge on any atom is -0.478 e. The molecule has 1 aromatic heterocycles. The van der Waals surface area contributed by atoms with Gasteiger partial charge < -0.3 is 10.4 Å². The van der Waals surface area contributed by atoms with Crippen molar-refractivity contribution in [3.63, 3.8) is 0 Å². The number of carbonyl (C=O) groups is 1. The van der Waals surface area contributed by atoms with Crippen LogP contribution in [-0.4, -0.2) is 21.8 Å². The Morgan fingerprint density at radius 3 is 2.70 bits per heavy atom. The van der Waals surface area contributed by atoms with Crippen molar-refractivity contribution in [2.24, 2.45) is 0 Å². The third-order valence-corrected chi connectivity index (χ3v) is 3.21. The second kappa shape index (κ2) is 6.33. The number of anilines is 2. The Morgan fingerprint density at radius 2 is 2.00 bits per heavy atom. The van der Waals surface area contributed by atoms with Crippen molar-refractivity contribution in [3.8, 4) is 0 Å². The number of halogens is 2. The summed E-state index contributed by atoms with van der Waals surface area (Å²) in [6.45, 7) is 0. The first kappa shape index (κ1) is 14.3. The number of rotatable bonds is 5. The van der Waals surface area contributed by atoms with Crippen LogP contribution in [0.1, 0.15) is 10.4 Å². The third-order valence-electron chi connectivity index (χ3n) is 2.42. The number of para-hydroxylation sites is 1. The summed E-state index contributed by atoms with van der Waals surface area (Å²) in [4.78, 5) is 15.1. The van der Waals surface area contributed by atoms with Crippen molar-refractivity contribution < 1.29 is 18.7 Å². The molecule has 20 heavy (non-hydrogen) atoms. The quantitative estimate of drug-likeness (QED) is 0.821. The molecule has 0 bridgehead atoms. The first-order valence-electron chi connectivity index (χ1n) is 5.56. The van der Waals surface area contributed by atoms with Gasteiger partial charge in [0.05, 0.1) is 11.4 Å². The number of aromatic nitrogens is 1. The molecule has 2 N–H and O–H groups in total. The fourth-order valence-corrected chi connectivity index (χ4v) is 2.18. The predicted molar refractivity (Wildman–Crippen MR) is 72.8 cm³/mol. The molecule has 7 heteroatoms. The van der Waals surface area contributed by atoms with Gasteiger partial charge in [-0.3, -0.25) is 4.98 Å². The molecule has 0 aliphatic rings. The van der Waals surface area contributed by atoms with E-state index in [2.05, 4.69) is 10.3 Å². The Bertz CT molecular complexity index is 623. The molecule has 4 nitrogen and oxygen atoms in total. The van der Waals surface area contributed by atoms with Crippen molar-refractivity contribution in [1.29, 1.82) is 0 Å². The van der Waals surface area contributed by atoms with Gasteiger partial charge in [-0.1, -0.05) is 23.9 Å². The zero-order valence-corrected chi connectivity index (χ0v) is 10.9. The van der Waals surface area contributed by atoms with Crippen LogP contribution in [0.25, 0.3) is 0 Å². The van der Waals surface area contributed by atoms with Crippen LogP contribution in [0.4, 0.5) is 20.2 Å². The number of nitrogens with one attached hydrogen (secondary N) is 1. The maximum Gasteiger partial charge on any atom is 0.339 e. The van der Waals surface area contributed by atoms with Crippen molar-refractivity contribution in [2.45, 2.75) is 10.7 Å². The highest BCUT2D eigenvalue weighted by atomic mass is 32.2. The first-order valence-corrected chi connectivity index (χ1v) is 6.44. The van der Waals surface area contributed by atoms with Gasteiger partial charge in [0.15, 0.2) is 0 Å². The van der Waals surface area contributed by atoms with Crippen LogP contribution in [0.5, 0.6) is 0 Å². The molecule has 1 aromatic carbocycles. The maximum atomic E-state index is 12.5. The van der Waals surface area contributed by atoms with E-state index in [-0.39, 0.29) is 5.56 Å². The molecule has 2 rings (SSSR count). The van der Waals surface area contributed by atoms with Crippen LogP contribution in [0.3, 0.4) is 0 Å². The van der Waals surface area contributed by atoms with Crippen LogP contribution in [0.15, 0.2) is 47.6 Å².